The molecule has 0 aromatic carbocycles. The SMILES string of the molecule is CC.CC.CC#CC12CCCC=C1C1(C)CCC3(OCCO3)C(C)C1CC2. The quantitative estimate of drug-likeness (QED) is 0.345. The van der Waals surface area contributed by atoms with E-state index in [9.17, 15) is 0 Å². The Bertz CT molecular complexity index is 575. The Hall–Kier alpha value is -0.780. The summed E-state index contributed by atoms with van der Waals surface area (Å²) in [7, 11) is 0. The highest BCUT2D eigenvalue weighted by Gasteiger charge is 2.60. The molecule has 0 N–H and O–H groups in total. The molecule has 2 saturated carbocycles. The van der Waals surface area contributed by atoms with E-state index in [2.05, 4.69) is 31.8 Å². The molecule has 0 bridgehead atoms. The first kappa shape index (κ1) is 22.5. The van der Waals surface area contributed by atoms with E-state index < -0.39 is 0 Å². The van der Waals surface area contributed by atoms with E-state index in [0.29, 0.717) is 11.8 Å². The zero-order chi connectivity index (χ0) is 20.1. The van der Waals surface area contributed by atoms with Gasteiger partial charge in [-0.3, -0.25) is 0 Å². The zero-order valence-electron chi connectivity index (χ0n) is 18.9. The summed E-state index contributed by atoms with van der Waals surface area (Å²) in [4.78, 5) is 0. The summed E-state index contributed by atoms with van der Waals surface area (Å²) in [6.45, 7) is 16.4. The highest BCUT2D eigenvalue weighted by atomic mass is 16.7. The second-order valence-corrected chi connectivity index (χ2v) is 8.33. The van der Waals surface area contributed by atoms with Crippen molar-refractivity contribution in [3.05, 3.63) is 11.6 Å². The Morgan fingerprint density at radius 1 is 1.00 bits per heavy atom. The first-order valence-corrected chi connectivity index (χ1v) is 11.5. The van der Waals surface area contributed by atoms with E-state index in [-0.39, 0.29) is 16.6 Å². The zero-order valence-corrected chi connectivity index (χ0v) is 18.9. The summed E-state index contributed by atoms with van der Waals surface area (Å²) >= 11 is 0. The van der Waals surface area contributed by atoms with Crippen molar-refractivity contribution in [3.63, 3.8) is 0 Å². The van der Waals surface area contributed by atoms with Crippen LogP contribution in [0.2, 0.25) is 0 Å². The molecule has 4 atom stereocenters. The molecule has 1 heterocycles. The first-order chi connectivity index (χ1) is 13.1. The summed E-state index contributed by atoms with van der Waals surface area (Å²) in [6, 6.07) is 0. The molecule has 0 amide bonds. The average molecular weight is 375 g/mol. The monoisotopic (exact) mass is 374 g/mol. The van der Waals surface area contributed by atoms with E-state index in [1.54, 1.807) is 5.57 Å². The molecule has 3 fully saturated rings. The number of fused-ring (bicyclic) bond motifs is 3. The summed E-state index contributed by atoms with van der Waals surface area (Å²) < 4.78 is 12.3. The van der Waals surface area contributed by atoms with Gasteiger partial charge in [0.05, 0.1) is 18.6 Å². The predicted molar refractivity (Wildman–Crippen MR) is 114 cm³/mol. The fourth-order valence-corrected chi connectivity index (χ4v) is 6.34. The lowest BCUT2D eigenvalue weighted by Gasteiger charge is -2.60. The molecular weight excluding hydrogens is 332 g/mol. The van der Waals surface area contributed by atoms with Crippen LogP contribution < -0.4 is 0 Å². The van der Waals surface area contributed by atoms with Gasteiger partial charge in [-0.25, -0.2) is 0 Å². The number of rotatable bonds is 0. The average Bonchev–Trinajstić information content (AvgIpc) is 3.19. The van der Waals surface area contributed by atoms with Crippen LogP contribution >= 0.6 is 0 Å². The smallest absolute Gasteiger partial charge is 0.171 e. The Balaban J connectivity index is 0.000000614. The maximum Gasteiger partial charge on any atom is 0.171 e. The first-order valence-electron chi connectivity index (χ1n) is 11.5. The molecule has 154 valence electrons. The molecular formula is C25H42O2. The van der Waals surface area contributed by atoms with Gasteiger partial charge in [0.2, 0.25) is 0 Å². The number of allylic oxidation sites excluding steroid dienone is 2. The number of hydrogen-bond donors (Lipinski definition) is 0. The predicted octanol–water partition coefficient (Wildman–Crippen LogP) is 6.75. The fourth-order valence-electron chi connectivity index (χ4n) is 6.34. The number of ether oxygens (including phenoxy) is 2. The van der Waals surface area contributed by atoms with Gasteiger partial charge in [-0.1, -0.05) is 53.5 Å². The van der Waals surface area contributed by atoms with Crippen molar-refractivity contribution < 1.29 is 9.47 Å². The molecule has 2 nitrogen and oxygen atoms in total. The van der Waals surface area contributed by atoms with Gasteiger partial charge < -0.3 is 9.47 Å². The van der Waals surface area contributed by atoms with Crippen LogP contribution in [0.3, 0.4) is 0 Å². The maximum absolute atomic E-state index is 6.13. The van der Waals surface area contributed by atoms with Crippen molar-refractivity contribution in [1.82, 2.24) is 0 Å². The van der Waals surface area contributed by atoms with Gasteiger partial charge in [-0.05, 0) is 62.4 Å². The largest absolute Gasteiger partial charge is 0.347 e. The summed E-state index contributed by atoms with van der Waals surface area (Å²) in [5, 5.41) is 0. The molecule has 3 aliphatic carbocycles. The minimum Gasteiger partial charge on any atom is -0.347 e. The van der Waals surface area contributed by atoms with Crippen molar-refractivity contribution in [3.8, 4) is 11.8 Å². The topological polar surface area (TPSA) is 18.5 Å². The van der Waals surface area contributed by atoms with Crippen LogP contribution in [0, 0.1) is 34.5 Å². The lowest BCUT2D eigenvalue weighted by Crippen LogP contribution is -2.56. The lowest BCUT2D eigenvalue weighted by atomic mass is 9.46. The highest BCUT2D eigenvalue weighted by molar-refractivity contribution is 5.38. The van der Waals surface area contributed by atoms with Gasteiger partial charge in [0.1, 0.15) is 0 Å². The van der Waals surface area contributed by atoms with Crippen molar-refractivity contribution in [1.29, 1.82) is 0 Å². The molecule has 1 spiro atoms. The molecule has 0 aromatic rings. The molecule has 0 radical (unpaired) electrons. The molecule has 4 unspecified atom stereocenters. The van der Waals surface area contributed by atoms with Crippen LogP contribution in [-0.4, -0.2) is 19.0 Å². The fraction of sp³-hybridized carbons (Fsp3) is 0.840. The van der Waals surface area contributed by atoms with Gasteiger partial charge in [0, 0.05) is 12.3 Å². The summed E-state index contributed by atoms with van der Waals surface area (Å²) in [5.74, 6) is 7.75. The third-order valence-corrected chi connectivity index (χ3v) is 7.42. The molecule has 27 heavy (non-hydrogen) atoms. The van der Waals surface area contributed by atoms with Gasteiger partial charge in [0.25, 0.3) is 0 Å². The van der Waals surface area contributed by atoms with Crippen LogP contribution in [0.25, 0.3) is 0 Å². The van der Waals surface area contributed by atoms with Gasteiger partial charge in [-0.15, -0.1) is 5.92 Å². The van der Waals surface area contributed by atoms with Crippen LogP contribution in [0.15, 0.2) is 11.6 Å². The van der Waals surface area contributed by atoms with Crippen molar-refractivity contribution in [2.75, 3.05) is 13.2 Å². The summed E-state index contributed by atoms with van der Waals surface area (Å²) in [6.07, 6.45) is 11.0. The Kier molecular flexibility index (Phi) is 7.62. The second kappa shape index (κ2) is 9.15. The Morgan fingerprint density at radius 2 is 1.67 bits per heavy atom. The van der Waals surface area contributed by atoms with E-state index in [1.165, 1.54) is 38.5 Å². The molecule has 1 aliphatic heterocycles. The third kappa shape index (κ3) is 3.63. The van der Waals surface area contributed by atoms with Crippen LogP contribution in [-0.2, 0) is 9.47 Å². The third-order valence-electron chi connectivity index (χ3n) is 7.42. The highest BCUT2D eigenvalue weighted by Crippen LogP contribution is 2.65. The lowest BCUT2D eigenvalue weighted by molar-refractivity contribution is -0.243. The minimum absolute atomic E-state index is 0.167. The van der Waals surface area contributed by atoms with Gasteiger partial charge >= 0.3 is 0 Å². The second-order valence-electron chi connectivity index (χ2n) is 8.33. The Labute approximate surface area is 168 Å². The molecule has 0 aromatic heterocycles. The molecule has 4 aliphatic rings. The summed E-state index contributed by atoms with van der Waals surface area (Å²) in [5.41, 5.74) is 2.11. The van der Waals surface area contributed by atoms with Crippen LogP contribution in [0.1, 0.15) is 93.4 Å². The van der Waals surface area contributed by atoms with Crippen molar-refractivity contribution in [2.24, 2.45) is 22.7 Å². The maximum atomic E-state index is 6.13. The van der Waals surface area contributed by atoms with E-state index in [1.807, 2.05) is 34.6 Å². The standard InChI is InChI=1S/C21H30O2.2C2H6/c1-4-9-20-10-6-5-7-18(20)19(3)12-13-21(22-14-15-23-21)16(2)17(19)8-11-20;2*1-2/h7,16-17H,5-6,8,10-15H2,1-3H3;2*1-2H3. The van der Waals surface area contributed by atoms with E-state index in [4.69, 9.17) is 9.47 Å². The minimum atomic E-state index is -0.296. The van der Waals surface area contributed by atoms with Crippen LogP contribution in [0.4, 0.5) is 0 Å². The molecule has 4 rings (SSSR count). The van der Waals surface area contributed by atoms with Gasteiger partial charge in [0.15, 0.2) is 5.79 Å². The van der Waals surface area contributed by atoms with E-state index >= 15 is 0 Å². The molecule has 1 saturated heterocycles. The van der Waals surface area contributed by atoms with Crippen molar-refractivity contribution >= 4 is 0 Å². The van der Waals surface area contributed by atoms with Crippen molar-refractivity contribution in [2.45, 2.75) is 99.2 Å². The Morgan fingerprint density at radius 3 is 2.30 bits per heavy atom. The van der Waals surface area contributed by atoms with Crippen LogP contribution in [0.5, 0.6) is 0 Å². The van der Waals surface area contributed by atoms with E-state index in [0.717, 1.165) is 19.6 Å². The normalized spacial score (nSPS) is 38.6. The number of hydrogen-bond acceptors (Lipinski definition) is 2. The molecule has 2 heteroatoms. The van der Waals surface area contributed by atoms with Gasteiger partial charge in [-0.2, -0.15) is 0 Å².